The Bertz CT molecular complexity index is 1620. The summed E-state index contributed by atoms with van der Waals surface area (Å²) in [5.74, 6) is 1.16. The Labute approximate surface area is 192 Å². The van der Waals surface area contributed by atoms with E-state index >= 15 is 0 Å². The summed E-state index contributed by atoms with van der Waals surface area (Å²) in [5.41, 5.74) is 2.92. The van der Waals surface area contributed by atoms with Crippen molar-refractivity contribution in [3.05, 3.63) is 84.7 Å². The zero-order valence-electron chi connectivity index (χ0n) is 18.4. The second-order valence-electron chi connectivity index (χ2n) is 7.71. The molecule has 0 aliphatic carbocycles. The van der Waals surface area contributed by atoms with E-state index in [-0.39, 0.29) is 4.90 Å². The zero-order chi connectivity index (χ0) is 23.2. The van der Waals surface area contributed by atoms with Crippen LogP contribution in [0.15, 0.2) is 84.0 Å². The fraction of sp³-hybridized carbons (Fsp3) is 0.115. The van der Waals surface area contributed by atoms with Crippen molar-refractivity contribution in [1.29, 1.82) is 0 Å². The van der Waals surface area contributed by atoms with Crippen LogP contribution in [0.4, 0.5) is 0 Å². The smallest absolute Gasteiger partial charge is 0.270 e. The predicted molar refractivity (Wildman–Crippen MR) is 130 cm³/mol. The highest BCUT2D eigenvalue weighted by atomic mass is 32.2. The molecule has 0 aliphatic rings. The maximum atomic E-state index is 13.9. The van der Waals surface area contributed by atoms with Gasteiger partial charge in [0, 0.05) is 28.7 Å². The summed E-state index contributed by atoms with van der Waals surface area (Å²) in [7, 11) is -0.782. The van der Waals surface area contributed by atoms with Gasteiger partial charge in [0.1, 0.15) is 0 Å². The molecule has 0 fully saturated rings. The van der Waals surface area contributed by atoms with E-state index in [9.17, 15) is 8.42 Å². The summed E-state index contributed by atoms with van der Waals surface area (Å²) in [6.07, 6.45) is 3.23. The van der Waals surface area contributed by atoms with Crippen molar-refractivity contribution in [1.82, 2.24) is 8.96 Å². The third-order valence-electron chi connectivity index (χ3n) is 5.87. The van der Waals surface area contributed by atoms with Crippen LogP contribution in [0.5, 0.6) is 11.5 Å². The van der Waals surface area contributed by atoms with E-state index in [4.69, 9.17) is 9.47 Å². The summed E-state index contributed by atoms with van der Waals surface area (Å²) < 4.78 is 39.9. The number of fused-ring (bicyclic) bond motifs is 2. The van der Waals surface area contributed by atoms with Crippen LogP contribution in [0.1, 0.15) is 5.56 Å². The van der Waals surface area contributed by atoms with Crippen molar-refractivity contribution in [3.63, 3.8) is 0 Å². The number of pyridine rings is 1. The third-order valence-corrected chi connectivity index (χ3v) is 7.57. The number of ether oxygens (including phenoxy) is 2. The summed E-state index contributed by atoms with van der Waals surface area (Å²) in [6, 6.07) is 20.2. The van der Waals surface area contributed by atoms with Crippen molar-refractivity contribution >= 4 is 31.8 Å². The number of hydrogen-bond donors (Lipinski definition) is 0. The molecule has 0 radical (unpaired) electrons. The molecule has 5 aromatic rings. The quantitative estimate of drug-likeness (QED) is 0.352. The van der Waals surface area contributed by atoms with E-state index in [0.717, 1.165) is 27.5 Å². The number of hydrogen-bond acceptors (Lipinski definition) is 5. The fourth-order valence-corrected chi connectivity index (χ4v) is 5.73. The number of rotatable bonds is 5. The summed E-state index contributed by atoms with van der Waals surface area (Å²) in [5, 5.41) is 2.32. The molecule has 0 unspecified atom stereocenters. The maximum Gasteiger partial charge on any atom is 0.270 e. The van der Waals surface area contributed by atoms with E-state index in [1.807, 2.05) is 55.5 Å². The van der Waals surface area contributed by atoms with E-state index in [1.54, 1.807) is 44.8 Å². The minimum absolute atomic E-state index is 0.241. The minimum Gasteiger partial charge on any atom is -0.493 e. The molecule has 5 rings (SSSR count). The van der Waals surface area contributed by atoms with Gasteiger partial charge in [0.2, 0.25) is 0 Å². The molecule has 0 N–H and O–H groups in total. The minimum atomic E-state index is -3.93. The lowest BCUT2D eigenvalue weighted by atomic mass is 10.1. The first-order valence-corrected chi connectivity index (χ1v) is 11.8. The van der Waals surface area contributed by atoms with E-state index in [0.29, 0.717) is 22.5 Å². The number of methoxy groups -OCH3 is 2. The van der Waals surface area contributed by atoms with Gasteiger partial charge in [-0.15, -0.1) is 0 Å². The van der Waals surface area contributed by atoms with Gasteiger partial charge in [-0.3, -0.25) is 0 Å². The molecule has 3 aromatic carbocycles. The molecular weight excluding hydrogens is 436 g/mol. The van der Waals surface area contributed by atoms with Crippen LogP contribution in [0.2, 0.25) is 0 Å². The Balaban J connectivity index is 1.77. The Morgan fingerprint density at radius 2 is 1.55 bits per heavy atom. The van der Waals surface area contributed by atoms with Crippen LogP contribution in [-0.4, -0.2) is 31.6 Å². The van der Waals surface area contributed by atoms with E-state index < -0.39 is 10.0 Å². The molecule has 0 atom stereocenters. The van der Waals surface area contributed by atoms with Crippen LogP contribution in [0.25, 0.3) is 32.9 Å². The van der Waals surface area contributed by atoms with Crippen LogP contribution in [0, 0.1) is 6.92 Å². The Morgan fingerprint density at radius 1 is 0.818 bits per heavy atom. The average Bonchev–Trinajstić information content (AvgIpc) is 3.24. The number of aromatic nitrogens is 2. The van der Waals surface area contributed by atoms with E-state index in [1.165, 1.54) is 3.97 Å². The summed E-state index contributed by atoms with van der Waals surface area (Å²) in [4.78, 5) is 4.66. The highest BCUT2D eigenvalue weighted by Crippen LogP contribution is 2.37. The lowest BCUT2D eigenvalue weighted by Gasteiger charge is -2.11. The average molecular weight is 459 g/mol. The van der Waals surface area contributed by atoms with Gasteiger partial charge >= 0.3 is 0 Å². The van der Waals surface area contributed by atoms with Gasteiger partial charge in [0.25, 0.3) is 10.0 Å². The number of nitrogens with zero attached hydrogens (tertiary/aromatic N) is 2. The van der Waals surface area contributed by atoms with Crippen molar-refractivity contribution in [2.75, 3.05) is 14.2 Å². The molecule has 2 aromatic heterocycles. The Hall–Kier alpha value is -3.84. The topological polar surface area (TPSA) is 70.4 Å². The fourth-order valence-electron chi connectivity index (χ4n) is 4.20. The first kappa shape index (κ1) is 21.0. The van der Waals surface area contributed by atoms with Crippen LogP contribution < -0.4 is 9.47 Å². The zero-order valence-corrected chi connectivity index (χ0v) is 19.3. The molecule has 0 saturated carbocycles. The van der Waals surface area contributed by atoms with Gasteiger partial charge in [-0.1, -0.05) is 36.4 Å². The van der Waals surface area contributed by atoms with Crippen molar-refractivity contribution in [2.24, 2.45) is 0 Å². The predicted octanol–water partition coefficient (Wildman–Crippen LogP) is 5.42. The molecule has 6 nitrogen and oxygen atoms in total. The monoisotopic (exact) mass is 458 g/mol. The van der Waals surface area contributed by atoms with Gasteiger partial charge in [0.05, 0.1) is 19.1 Å². The summed E-state index contributed by atoms with van der Waals surface area (Å²) in [6.45, 7) is 1.97. The number of benzene rings is 3. The van der Waals surface area contributed by atoms with Crippen molar-refractivity contribution in [3.8, 4) is 22.6 Å². The third kappa shape index (κ3) is 3.32. The van der Waals surface area contributed by atoms with E-state index in [2.05, 4.69) is 4.98 Å². The number of aryl methyl sites for hydroxylation is 1. The van der Waals surface area contributed by atoms with Gasteiger partial charge in [-0.25, -0.2) is 17.4 Å². The molecule has 2 heterocycles. The van der Waals surface area contributed by atoms with Crippen LogP contribution in [0.3, 0.4) is 0 Å². The standard InChI is InChI=1S/C26H22N2O4S/c1-17-10-13-25(20-8-5-4-7-19(17)20)33(29,30)28-16-22(21-9-6-14-27-26(21)28)18-11-12-23(31-2)24(15-18)32-3/h4-16H,1-3H3. The molecular formula is C26H22N2O4S. The molecule has 166 valence electrons. The highest BCUT2D eigenvalue weighted by molar-refractivity contribution is 7.90. The maximum absolute atomic E-state index is 13.9. The van der Waals surface area contributed by atoms with Crippen molar-refractivity contribution < 1.29 is 17.9 Å². The molecule has 0 amide bonds. The first-order valence-electron chi connectivity index (χ1n) is 10.4. The molecule has 7 heteroatoms. The van der Waals surface area contributed by atoms with Gasteiger partial charge in [0.15, 0.2) is 17.1 Å². The Kier molecular flexibility index (Phi) is 5.06. The normalized spacial score (nSPS) is 11.7. The van der Waals surface area contributed by atoms with Crippen molar-refractivity contribution in [2.45, 2.75) is 11.8 Å². The van der Waals surface area contributed by atoms with Gasteiger partial charge in [-0.2, -0.15) is 0 Å². The Morgan fingerprint density at radius 3 is 2.30 bits per heavy atom. The van der Waals surface area contributed by atoms with Gasteiger partial charge < -0.3 is 9.47 Å². The lowest BCUT2D eigenvalue weighted by molar-refractivity contribution is 0.355. The second-order valence-corrected chi connectivity index (χ2v) is 9.50. The van der Waals surface area contributed by atoms with Crippen LogP contribution >= 0.6 is 0 Å². The SMILES string of the molecule is COc1ccc(-c2cn(S(=O)(=O)c3ccc(C)c4ccccc34)c3ncccc23)cc1OC. The second kappa shape index (κ2) is 7.94. The molecule has 0 saturated heterocycles. The highest BCUT2D eigenvalue weighted by Gasteiger charge is 2.25. The van der Waals surface area contributed by atoms with Gasteiger partial charge in [-0.05, 0) is 53.8 Å². The molecule has 0 aliphatic heterocycles. The molecule has 33 heavy (non-hydrogen) atoms. The summed E-state index contributed by atoms with van der Waals surface area (Å²) >= 11 is 0. The molecule has 0 bridgehead atoms. The molecule has 0 spiro atoms. The lowest BCUT2D eigenvalue weighted by Crippen LogP contribution is -2.13. The van der Waals surface area contributed by atoms with Crippen LogP contribution in [-0.2, 0) is 10.0 Å². The first-order chi connectivity index (χ1) is 16.0. The largest absolute Gasteiger partial charge is 0.493 e.